The first-order chi connectivity index (χ1) is 10.5. The van der Waals surface area contributed by atoms with E-state index < -0.39 is 0 Å². The Labute approximate surface area is 129 Å². The average Bonchev–Trinajstić information content (AvgIpc) is 3.06. The molecule has 0 bridgehead atoms. The molecule has 6 heteroatoms. The molecule has 0 amide bonds. The molecule has 0 radical (unpaired) electrons. The summed E-state index contributed by atoms with van der Waals surface area (Å²) < 4.78 is 12.7. The topological polar surface area (TPSA) is 64.4 Å². The Balaban J connectivity index is 2.25. The smallest absolute Gasteiger partial charge is 0.190 e. The summed E-state index contributed by atoms with van der Waals surface area (Å²) in [5, 5.41) is 12.1. The summed E-state index contributed by atoms with van der Waals surface area (Å²) >= 11 is 0. The van der Waals surface area contributed by atoms with Crippen LogP contribution in [0.15, 0.2) is 24.3 Å². The van der Waals surface area contributed by atoms with Gasteiger partial charge in [-0.3, -0.25) is 5.10 Å². The van der Waals surface area contributed by atoms with Crippen LogP contribution < -0.4 is 9.47 Å². The van der Waals surface area contributed by atoms with Gasteiger partial charge in [0.1, 0.15) is 17.1 Å². The van der Waals surface area contributed by atoms with Crippen molar-refractivity contribution in [2.75, 3.05) is 14.2 Å². The first-order valence-electron chi connectivity index (χ1n) is 7.11. The summed E-state index contributed by atoms with van der Waals surface area (Å²) in [6.07, 6.45) is 0. The van der Waals surface area contributed by atoms with Gasteiger partial charge in [0.05, 0.1) is 19.9 Å². The molecule has 0 fully saturated rings. The van der Waals surface area contributed by atoms with E-state index >= 15 is 0 Å². The fourth-order valence-electron chi connectivity index (χ4n) is 2.38. The zero-order valence-corrected chi connectivity index (χ0v) is 13.5. The summed E-state index contributed by atoms with van der Waals surface area (Å²) in [4.78, 5) is 0. The van der Waals surface area contributed by atoms with E-state index in [-0.39, 0.29) is 5.41 Å². The van der Waals surface area contributed by atoms with Crippen LogP contribution in [0.25, 0.3) is 17.0 Å². The van der Waals surface area contributed by atoms with Crippen LogP contribution in [0.3, 0.4) is 0 Å². The van der Waals surface area contributed by atoms with E-state index in [2.05, 4.69) is 36.1 Å². The standard InChI is InChI=1S/C16H20N4O2/c1-16(2,3)12-9-13-17-18-15(20(13)19-12)14-10(21-4)7-6-8-11(14)22-5/h6-9,17H,1-5H3. The average molecular weight is 300 g/mol. The maximum atomic E-state index is 5.46. The molecule has 22 heavy (non-hydrogen) atoms. The van der Waals surface area contributed by atoms with Crippen molar-refractivity contribution in [2.45, 2.75) is 26.2 Å². The molecule has 3 rings (SSSR count). The number of H-pyrrole nitrogens is 1. The van der Waals surface area contributed by atoms with Crippen molar-refractivity contribution in [3.05, 3.63) is 30.0 Å². The maximum absolute atomic E-state index is 5.46. The van der Waals surface area contributed by atoms with Crippen LogP contribution in [0.2, 0.25) is 0 Å². The molecule has 0 aliphatic carbocycles. The van der Waals surface area contributed by atoms with Gasteiger partial charge in [-0.2, -0.15) is 14.7 Å². The van der Waals surface area contributed by atoms with Gasteiger partial charge >= 0.3 is 0 Å². The van der Waals surface area contributed by atoms with E-state index in [1.807, 2.05) is 24.3 Å². The fraction of sp³-hybridized carbons (Fsp3) is 0.375. The molecule has 0 saturated heterocycles. The lowest BCUT2D eigenvalue weighted by molar-refractivity contribution is 0.396. The third kappa shape index (κ3) is 2.20. The lowest BCUT2D eigenvalue weighted by atomic mass is 9.93. The van der Waals surface area contributed by atoms with Gasteiger partial charge in [0.25, 0.3) is 0 Å². The lowest BCUT2D eigenvalue weighted by Crippen LogP contribution is -2.12. The van der Waals surface area contributed by atoms with Gasteiger partial charge < -0.3 is 9.47 Å². The molecule has 2 aromatic heterocycles. The molecule has 3 aromatic rings. The van der Waals surface area contributed by atoms with Crippen LogP contribution in [0, 0.1) is 0 Å². The van der Waals surface area contributed by atoms with E-state index in [1.54, 1.807) is 18.7 Å². The highest BCUT2D eigenvalue weighted by molar-refractivity contribution is 5.73. The van der Waals surface area contributed by atoms with E-state index in [0.717, 1.165) is 16.9 Å². The number of aromatic nitrogens is 4. The molecule has 0 saturated carbocycles. The van der Waals surface area contributed by atoms with Crippen molar-refractivity contribution in [3.63, 3.8) is 0 Å². The zero-order valence-electron chi connectivity index (χ0n) is 13.5. The predicted molar refractivity (Wildman–Crippen MR) is 84.6 cm³/mol. The minimum atomic E-state index is -0.0327. The number of benzene rings is 1. The monoisotopic (exact) mass is 300 g/mol. The molecule has 0 unspecified atom stereocenters. The summed E-state index contributed by atoms with van der Waals surface area (Å²) in [7, 11) is 3.26. The van der Waals surface area contributed by atoms with Crippen LogP contribution in [0.5, 0.6) is 11.5 Å². The second-order valence-corrected chi connectivity index (χ2v) is 6.16. The lowest BCUT2D eigenvalue weighted by Gasteiger charge is -2.14. The fourth-order valence-corrected chi connectivity index (χ4v) is 2.38. The molecule has 116 valence electrons. The first-order valence-corrected chi connectivity index (χ1v) is 7.11. The van der Waals surface area contributed by atoms with E-state index in [9.17, 15) is 0 Å². The predicted octanol–water partition coefficient (Wildman–Crippen LogP) is 3.04. The van der Waals surface area contributed by atoms with Gasteiger partial charge in [-0.15, -0.1) is 0 Å². The number of hydrogen-bond donors (Lipinski definition) is 1. The molecular formula is C16H20N4O2. The van der Waals surface area contributed by atoms with Crippen molar-refractivity contribution in [1.82, 2.24) is 19.8 Å². The number of nitrogens with zero attached hydrogens (tertiary/aromatic N) is 3. The van der Waals surface area contributed by atoms with Crippen molar-refractivity contribution >= 4 is 5.65 Å². The van der Waals surface area contributed by atoms with Crippen LogP contribution in [0.4, 0.5) is 0 Å². The molecule has 0 aliphatic heterocycles. The Bertz CT molecular complexity index is 789. The van der Waals surface area contributed by atoms with Crippen molar-refractivity contribution in [3.8, 4) is 22.9 Å². The van der Waals surface area contributed by atoms with E-state index in [1.165, 1.54) is 0 Å². The minimum Gasteiger partial charge on any atom is -0.496 e. The number of nitrogens with one attached hydrogen (secondary N) is 1. The second kappa shape index (κ2) is 5.05. The summed E-state index contributed by atoms with van der Waals surface area (Å²) in [6.45, 7) is 6.39. The van der Waals surface area contributed by atoms with Crippen molar-refractivity contribution < 1.29 is 9.47 Å². The number of fused-ring (bicyclic) bond motifs is 1. The van der Waals surface area contributed by atoms with E-state index in [0.29, 0.717) is 17.3 Å². The highest BCUT2D eigenvalue weighted by Crippen LogP contribution is 2.37. The molecule has 6 nitrogen and oxygen atoms in total. The highest BCUT2D eigenvalue weighted by atomic mass is 16.5. The van der Waals surface area contributed by atoms with Crippen LogP contribution in [-0.4, -0.2) is 34.0 Å². The van der Waals surface area contributed by atoms with Crippen LogP contribution in [-0.2, 0) is 5.41 Å². The summed E-state index contributed by atoms with van der Waals surface area (Å²) in [6, 6.07) is 7.66. The normalized spacial score (nSPS) is 11.9. The van der Waals surface area contributed by atoms with E-state index in [4.69, 9.17) is 9.47 Å². The maximum Gasteiger partial charge on any atom is 0.190 e. The van der Waals surface area contributed by atoms with Crippen LogP contribution in [0.1, 0.15) is 26.5 Å². The Morgan fingerprint density at radius 1 is 1.09 bits per heavy atom. The SMILES string of the molecule is COc1cccc(OC)c1-c1n[nH]c2cc(C(C)(C)C)nn12. The molecule has 0 atom stereocenters. The number of methoxy groups -OCH3 is 2. The molecule has 0 aliphatic rings. The quantitative estimate of drug-likeness (QED) is 0.807. The van der Waals surface area contributed by atoms with Gasteiger partial charge in [0.2, 0.25) is 0 Å². The zero-order chi connectivity index (χ0) is 15.9. The van der Waals surface area contributed by atoms with Crippen molar-refractivity contribution in [2.24, 2.45) is 0 Å². The molecular weight excluding hydrogens is 280 g/mol. The molecule has 2 heterocycles. The third-order valence-electron chi connectivity index (χ3n) is 3.61. The number of aromatic amines is 1. The van der Waals surface area contributed by atoms with Crippen LogP contribution >= 0.6 is 0 Å². The summed E-state index contributed by atoms with van der Waals surface area (Å²) in [5.41, 5.74) is 2.58. The van der Waals surface area contributed by atoms with Gasteiger partial charge in [-0.05, 0) is 12.1 Å². The Morgan fingerprint density at radius 2 is 1.73 bits per heavy atom. The molecule has 1 aromatic carbocycles. The summed E-state index contributed by atoms with van der Waals surface area (Å²) in [5.74, 6) is 2.06. The Kier molecular flexibility index (Phi) is 3.31. The molecule has 1 N–H and O–H groups in total. The van der Waals surface area contributed by atoms with Crippen molar-refractivity contribution in [1.29, 1.82) is 0 Å². The van der Waals surface area contributed by atoms with Gasteiger partial charge in [0, 0.05) is 11.5 Å². The first kappa shape index (κ1) is 14.4. The number of ether oxygens (including phenoxy) is 2. The van der Waals surface area contributed by atoms with Gasteiger partial charge in [-0.25, -0.2) is 0 Å². The third-order valence-corrected chi connectivity index (χ3v) is 3.61. The van der Waals surface area contributed by atoms with Gasteiger partial charge in [-0.1, -0.05) is 26.8 Å². The Hall–Kier alpha value is -2.50. The molecule has 0 spiro atoms. The van der Waals surface area contributed by atoms with Gasteiger partial charge in [0.15, 0.2) is 11.5 Å². The second-order valence-electron chi connectivity index (χ2n) is 6.16. The Morgan fingerprint density at radius 3 is 2.27 bits per heavy atom. The highest BCUT2D eigenvalue weighted by Gasteiger charge is 2.23. The number of hydrogen-bond acceptors (Lipinski definition) is 4. The minimum absolute atomic E-state index is 0.0327. The largest absolute Gasteiger partial charge is 0.496 e. The number of rotatable bonds is 3.